The minimum atomic E-state index is -3.79. The molecule has 0 fully saturated rings. The van der Waals surface area contributed by atoms with Crippen LogP contribution in [-0.2, 0) is 14.6 Å². The predicted octanol–water partition coefficient (Wildman–Crippen LogP) is 1.95. The molecule has 0 saturated heterocycles. The molecule has 1 aromatic carbocycles. The van der Waals surface area contributed by atoms with Crippen molar-refractivity contribution in [2.45, 2.75) is 25.7 Å². The van der Waals surface area contributed by atoms with E-state index in [1.54, 1.807) is 26.0 Å². The lowest BCUT2D eigenvalue weighted by atomic mass is 10.2. The van der Waals surface area contributed by atoms with Crippen molar-refractivity contribution < 1.29 is 13.2 Å². The molecule has 0 aliphatic rings. The molecule has 0 heterocycles. The maximum Gasteiger partial charge on any atom is 0.253 e. The highest BCUT2D eigenvalue weighted by Gasteiger charge is 2.26. The molecule has 82 valence electrons. The Morgan fingerprint density at radius 1 is 1.13 bits per heavy atom. The normalized spacial score (nSPS) is 11.7. The maximum absolute atomic E-state index is 11.7. The second kappa shape index (κ2) is 4.14. The number of hydrogen-bond donors (Lipinski definition) is 0. The van der Waals surface area contributed by atoms with Crippen molar-refractivity contribution in [1.82, 2.24) is 0 Å². The van der Waals surface area contributed by atoms with Gasteiger partial charge < -0.3 is 0 Å². The number of aryl methyl sites for hydroxylation is 1. The van der Waals surface area contributed by atoms with E-state index >= 15 is 0 Å². The van der Waals surface area contributed by atoms with Crippen molar-refractivity contribution in [2.75, 3.05) is 0 Å². The molecule has 0 amide bonds. The number of carbonyl (C=O) groups excluding carboxylic acids is 1. The largest absolute Gasteiger partial charge is 0.281 e. The van der Waals surface area contributed by atoms with Gasteiger partial charge in [0.1, 0.15) is 0 Å². The highest BCUT2D eigenvalue weighted by atomic mass is 32.2. The third kappa shape index (κ3) is 2.45. The third-order valence-electron chi connectivity index (χ3n) is 2.07. The molecule has 0 saturated carbocycles. The fourth-order valence-corrected chi connectivity index (χ4v) is 2.49. The zero-order valence-electron chi connectivity index (χ0n) is 9.02. The molecule has 0 aliphatic carbocycles. The summed E-state index contributed by atoms with van der Waals surface area (Å²) in [5, 5.41) is -0.730. The standard InChI is InChI=1S/C11H14O3S/c1-8(2)11(12)15(13,14)10-6-4-9(3)5-7-10/h4-8H,1-3H3. The molecule has 15 heavy (non-hydrogen) atoms. The van der Waals surface area contributed by atoms with E-state index in [1.807, 2.05) is 6.92 Å². The van der Waals surface area contributed by atoms with Crippen LogP contribution in [-0.4, -0.2) is 13.5 Å². The van der Waals surface area contributed by atoms with E-state index in [0.717, 1.165) is 5.56 Å². The lowest BCUT2D eigenvalue weighted by molar-refractivity contribution is -0.114. The number of hydrogen-bond acceptors (Lipinski definition) is 3. The van der Waals surface area contributed by atoms with Gasteiger partial charge in [0.15, 0.2) is 0 Å². The number of rotatable bonds is 2. The number of sulfone groups is 1. The Balaban J connectivity index is 3.18. The topological polar surface area (TPSA) is 51.2 Å². The van der Waals surface area contributed by atoms with Crippen LogP contribution in [0.4, 0.5) is 0 Å². The first-order chi connectivity index (χ1) is 6.85. The fourth-order valence-electron chi connectivity index (χ4n) is 1.14. The molecule has 0 unspecified atom stereocenters. The van der Waals surface area contributed by atoms with E-state index in [2.05, 4.69) is 0 Å². The molecule has 1 aromatic rings. The molecule has 0 bridgehead atoms. The lowest BCUT2D eigenvalue weighted by Gasteiger charge is -2.05. The SMILES string of the molecule is Cc1ccc(S(=O)(=O)C(=O)C(C)C)cc1. The molecule has 4 heteroatoms. The van der Waals surface area contributed by atoms with Crippen LogP contribution < -0.4 is 0 Å². The summed E-state index contributed by atoms with van der Waals surface area (Å²) < 4.78 is 23.5. The zero-order valence-corrected chi connectivity index (χ0v) is 9.84. The van der Waals surface area contributed by atoms with Crippen molar-refractivity contribution in [2.24, 2.45) is 5.92 Å². The van der Waals surface area contributed by atoms with Gasteiger partial charge in [-0.05, 0) is 19.1 Å². The Bertz CT molecular complexity index is 455. The maximum atomic E-state index is 11.7. The highest BCUT2D eigenvalue weighted by Crippen LogP contribution is 2.16. The Labute approximate surface area is 90.0 Å². The van der Waals surface area contributed by atoms with Gasteiger partial charge in [-0.3, -0.25) is 4.79 Å². The summed E-state index contributed by atoms with van der Waals surface area (Å²) in [7, 11) is -3.79. The molecule has 0 radical (unpaired) electrons. The average molecular weight is 226 g/mol. The summed E-state index contributed by atoms with van der Waals surface area (Å²) >= 11 is 0. The summed E-state index contributed by atoms with van der Waals surface area (Å²) in [6.07, 6.45) is 0. The zero-order chi connectivity index (χ0) is 11.6. The predicted molar refractivity (Wildman–Crippen MR) is 58.2 cm³/mol. The summed E-state index contributed by atoms with van der Waals surface area (Å²) in [5.74, 6) is -0.503. The van der Waals surface area contributed by atoms with E-state index < -0.39 is 20.9 Å². The Morgan fingerprint density at radius 2 is 1.60 bits per heavy atom. The van der Waals surface area contributed by atoms with Crippen LogP contribution in [0.1, 0.15) is 19.4 Å². The Morgan fingerprint density at radius 3 is 2.00 bits per heavy atom. The van der Waals surface area contributed by atoms with Crippen molar-refractivity contribution in [1.29, 1.82) is 0 Å². The van der Waals surface area contributed by atoms with E-state index in [4.69, 9.17) is 0 Å². The van der Waals surface area contributed by atoms with Gasteiger partial charge in [0.25, 0.3) is 5.12 Å². The van der Waals surface area contributed by atoms with Gasteiger partial charge in [-0.2, -0.15) is 0 Å². The first-order valence-corrected chi connectivity index (χ1v) is 6.19. The van der Waals surface area contributed by atoms with Gasteiger partial charge >= 0.3 is 0 Å². The van der Waals surface area contributed by atoms with Gasteiger partial charge in [-0.25, -0.2) is 8.42 Å². The van der Waals surface area contributed by atoms with Crippen LogP contribution in [0.15, 0.2) is 29.2 Å². The van der Waals surface area contributed by atoms with Crippen LogP contribution in [0.3, 0.4) is 0 Å². The fraction of sp³-hybridized carbons (Fsp3) is 0.364. The monoisotopic (exact) mass is 226 g/mol. The summed E-state index contributed by atoms with van der Waals surface area (Å²) in [4.78, 5) is 11.5. The quantitative estimate of drug-likeness (QED) is 0.774. The molecule has 0 N–H and O–H groups in total. The molecule has 1 rings (SSSR count). The first-order valence-electron chi connectivity index (χ1n) is 4.71. The average Bonchev–Trinajstić information content (AvgIpc) is 2.17. The van der Waals surface area contributed by atoms with Gasteiger partial charge in [0, 0.05) is 5.92 Å². The lowest BCUT2D eigenvalue weighted by Crippen LogP contribution is -2.20. The molecule has 0 aromatic heterocycles. The first kappa shape index (κ1) is 11.9. The Kier molecular flexibility index (Phi) is 3.29. The molecule has 0 spiro atoms. The Hall–Kier alpha value is -1.16. The van der Waals surface area contributed by atoms with Gasteiger partial charge in [-0.1, -0.05) is 31.5 Å². The summed E-state index contributed by atoms with van der Waals surface area (Å²) in [5.41, 5.74) is 0.964. The van der Waals surface area contributed by atoms with Crippen molar-refractivity contribution in [3.05, 3.63) is 29.8 Å². The third-order valence-corrected chi connectivity index (χ3v) is 3.96. The molecular formula is C11H14O3S. The number of carbonyl (C=O) groups is 1. The molecular weight excluding hydrogens is 212 g/mol. The van der Waals surface area contributed by atoms with Crippen LogP contribution >= 0.6 is 0 Å². The second-order valence-corrected chi connectivity index (χ2v) is 5.67. The van der Waals surface area contributed by atoms with E-state index in [9.17, 15) is 13.2 Å². The molecule has 0 aliphatic heterocycles. The highest BCUT2D eigenvalue weighted by molar-refractivity contribution is 8.06. The van der Waals surface area contributed by atoms with Crippen LogP contribution in [0.5, 0.6) is 0 Å². The van der Waals surface area contributed by atoms with Crippen molar-refractivity contribution in [3.8, 4) is 0 Å². The minimum absolute atomic E-state index is 0.0757. The summed E-state index contributed by atoms with van der Waals surface area (Å²) in [6.45, 7) is 5.02. The van der Waals surface area contributed by atoms with Crippen LogP contribution in [0.25, 0.3) is 0 Å². The second-order valence-electron chi connectivity index (χ2n) is 3.79. The minimum Gasteiger partial charge on any atom is -0.281 e. The van der Waals surface area contributed by atoms with Crippen molar-refractivity contribution >= 4 is 15.0 Å². The smallest absolute Gasteiger partial charge is 0.253 e. The van der Waals surface area contributed by atoms with E-state index in [0.29, 0.717) is 0 Å². The van der Waals surface area contributed by atoms with Crippen molar-refractivity contribution in [3.63, 3.8) is 0 Å². The van der Waals surface area contributed by atoms with Crippen LogP contribution in [0, 0.1) is 12.8 Å². The number of benzene rings is 1. The summed E-state index contributed by atoms with van der Waals surface area (Å²) in [6, 6.07) is 6.29. The molecule has 0 atom stereocenters. The molecule has 3 nitrogen and oxygen atoms in total. The van der Waals surface area contributed by atoms with Crippen LogP contribution in [0.2, 0.25) is 0 Å². The van der Waals surface area contributed by atoms with E-state index in [1.165, 1.54) is 12.1 Å². The van der Waals surface area contributed by atoms with E-state index in [-0.39, 0.29) is 4.90 Å². The van der Waals surface area contributed by atoms with Gasteiger partial charge in [-0.15, -0.1) is 0 Å². The van der Waals surface area contributed by atoms with Gasteiger partial charge in [0.05, 0.1) is 4.90 Å². The van der Waals surface area contributed by atoms with Gasteiger partial charge in [0.2, 0.25) is 9.84 Å².